The van der Waals surface area contributed by atoms with E-state index < -0.39 is 18.0 Å². The summed E-state index contributed by atoms with van der Waals surface area (Å²) in [6.07, 6.45) is 1.74. The van der Waals surface area contributed by atoms with Crippen LogP contribution in [0.15, 0.2) is 12.2 Å². The first-order valence-electron chi connectivity index (χ1n) is 5.31. The van der Waals surface area contributed by atoms with Crippen molar-refractivity contribution in [2.45, 2.75) is 19.4 Å². The van der Waals surface area contributed by atoms with Crippen molar-refractivity contribution in [1.29, 1.82) is 0 Å². The van der Waals surface area contributed by atoms with Crippen LogP contribution in [0.4, 0.5) is 0 Å². The Hall–Kier alpha value is -1.85. The molecule has 1 fully saturated rings. The van der Waals surface area contributed by atoms with Crippen LogP contribution in [0.5, 0.6) is 0 Å². The zero-order valence-electron chi connectivity index (χ0n) is 9.84. The number of carbonyl (C=O) groups excluding carboxylic acids is 3. The minimum Gasteiger partial charge on any atom is -0.466 e. The standard InChI is InChI=1S/C11H15NO5/c1-3-12-7-8(6-9(12)13)17-11(15)5-4-10(14)16-2/h4-5,8H,3,6-7H2,1-2H3/b5-4+. The molecule has 1 heterocycles. The molecule has 0 saturated carbocycles. The van der Waals surface area contributed by atoms with E-state index in [1.54, 1.807) is 4.90 Å². The monoisotopic (exact) mass is 241 g/mol. The Bertz CT molecular complexity index is 350. The molecule has 0 aliphatic carbocycles. The van der Waals surface area contributed by atoms with Crippen LogP contribution in [0.3, 0.4) is 0 Å². The number of rotatable bonds is 4. The number of carbonyl (C=O) groups is 3. The van der Waals surface area contributed by atoms with Crippen LogP contribution in [0.2, 0.25) is 0 Å². The lowest BCUT2D eigenvalue weighted by Crippen LogP contribution is -2.26. The fourth-order valence-corrected chi connectivity index (χ4v) is 1.53. The Morgan fingerprint density at radius 3 is 2.59 bits per heavy atom. The van der Waals surface area contributed by atoms with E-state index in [2.05, 4.69) is 4.74 Å². The van der Waals surface area contributed by atoms with E-state index in [-0.39, 0.29) is 12.3 Å². The van der Waals surface area contributed by atoms with Crippen molar-refractivity contribution in [1.82, 2.24) is 4.90 Å². The fraction of sp³-hybridized carbons (Fsp3) is 0.545. The molecule has 0 aromatic carbocycles. The van der Waals surface area contributed by atoms with Crippen molar-refractivity contribution in [2.75, 3.05) is 20.2 Å². The number of amides is 1. The molecule has 1 saturated heterocycles. The van der Waals surface area contributed by atoms with Gasteiger partial charge in [-0.3, -0.25) is 4.79 Å². The number of likely N-dealkylation sites (tertiary alicyclic amines) is 1. The molecule has 1 aliphatic heterocycles. The third kappa shape index (κ3) is 3.90. The molecule has 94 valence electrons. The highest BCUT2D eigenvalue weighted by atomic mass is 16.5. The largest absolute Gasteiger partial charge is 0.466 e. The van der Waals surface area contributed by atoms with Crippen LogP contribution in [0.25, 0.3) is 0 Å². The summed E-state index contributed by atoms with van der Waals surface area (Å²) in [5.74, 6) is -1.30. The molecule has 6 nitrogen and oxygen atoms in total. The molecule has 1 unspecified atom stereocenters. The smallest absolute Gasteiger partial charge is 0.331 e. The Balaban J connectivity index is 2.40. The summed E-state index contributed by atoms with van der Waals surface area (Å²) in [5.41, 5.74) is 0. The lowest BCUT2D eigenvalue weighted by atomic mass is 10.3. The number of hydrogen-bond donors (Lipinski definition) is 0. The minimum absolute atomic E-state index is 0.0257. The van der Waals surface area contributed by atoms with Gasteiger partial charge >= 0.3 is 11.9 Å². The first-order valence-corrected chi connectivity index (χ1v) is 5.31. The molecule has 17 heavy (non-hydrogen) atoms. The number of esters is 2. The minimum atomic E-state index is -0.647. The second kappa shape index (κ2) is 6.03. The predicted octanol–water partition coefficient (Wildman–Crippen LogP) is -0.120. The molecule has 0 aromatic rings. The SMILES string of the molecule is CCN1CC(OC(=O)/C=C/C(=O)OC)CC1=O. The summed E-state index contributed by atoms with van der Waals surface area (Å²) in [5, 5.41) is 0. The van der Waals surface area contributed by atoms with Gasteiger partial charge in [0.15, 0.2) is 0 Å². The number of hydrogen-bond acceptors (Lipinski definition) is 5. The second-order valence-electron chi connectivity index (χ2n) is 3.55. The molecular formula is C11H15NO5. The van der Waals surface area contributed by atoms with Crippen molar-refractivity contribution in [2.24, 2.45) is 0 Å². The van der Waals surface area contributed by atoms with Gasteiger partial charge in [0.1, 0.15) is 6.10 Å². The van der Waals surface area contributed by atoms with E-state index in [0.717, 1.165) is 12.2 Å². The lowest BCUT2D eigenvalue weighted by molar-refractivity contribution is -0.143. The van der Waals surface area contributed by atoms with Gasteiger partial charge in [-0.05, 0) is 6.92 Å². The quantitative estimate of drug-likeness (QED) is 0.507. The van der Waals surface area contributed by atoms with Crippen LogP contribution >= 0.6 is 0 Å². The maximum absolute atomic E-state index is 11.4. The summed E-state index contributed by atoms with van der Waals surface area (Å²) in [6.45, 7) is 2.87. The first kappa shape index (κ1) is 13.2. The van der Waals surface area contributed by atoms with Gasteiger partial charge in [-0.15, -0.1) is 0 Å². The predicted molar refractivity (Wildman–Crippen MR) is 57.9 cm³/mol. The molecule has 0 N–H and O–H groups in total. The van der Waals surface area contributed by atoms with Crippen LogP contribution in [-0.4, -0.2) is 49.0 Å². The van der Waals surface area contributed by atoms with Crippen LogP contribution < -0.4 is 0 Å². The highest BCUT2D eigenvalue weighted by Gasteiger charge is 2.30. The van der Waals surface area contributed by atoms with Gasteiger partial charge in [0.2, 0.25) is 5.91 Å². The zero-order valence-corrected chi connectivity index (χ0v) is 9.84. The number of nitrogens with zero attached hydrogens (tertiary/aromatic N) is 1. The van der Waals surface area contributed by atoms with Crippen molar-refractivity contribution < 1.29 is 23.9 Å². The first-order chi connectivity index (χ1) is 8.06. The highest BCUT2D eigenvalue weighted by molar-refractivity contribution is 5.92. The molecule has 1 aliphatic rings. The van der Waals surface area contributed by atoms with Gasteiger partial charge in [0.05, 0.1) is 20.1 Å². The van der Waals surface area contributed by atoms with Crippen LogP contribution in [0, 0.1) is 0 Å². The van der Waals surface area contributed by atoms with Crippen molar-refractivity contribution >= 4 is 17.8 Å². The van der Waals surface area contributed by atoms with Crippen LogP contribution in [0.1, 0.15) is 13.3 Å². The molecule has 6 heteroatoms. The molecule has 0 aromatic heterocycles. The van der Waals surface area contributed by atoms with Gasteiger partial charge < -0.3 is 14.4 Å². The zero-order chi connectivity index (χ0) is 12.8. The maximum Gasteiger partial charge on any atom is 0.331 e. The molecule has 1 rings (SSSR count). The van der Waals surface area contributed by atoms with Crippen LogP contribution in [-0.2, 0) is 23.9 Å². The summed E-state index contributed by atoms with van der Waals surface area (Å²) >= 11 is 0. The van der Waals surface area contributed by atoms with E-state index in [1.165, 1.54) is 7.11 Å². The summed E-state index contributed by atoms with van der Waals surface area (Å²) in [7, 11) is 1.22. The summed E-state index contributed by atoms with van der Waals surface area (Å²) in [4.78, 5) is 35.0. The molecule has 0 spiro atoms. The Morgan fingerprint density at radius 1 is 1.41 bits per heavy atom. The second-order valence-corrected chi connectivity index (χ2v) is 3.55. The number of likely N-dealkylation sites (N-methyl/N-ethyl adjacent to an activating group) is 1. The molecule has 0 bridgehead atoms. The van der Waals surface area contributed by atoms with Crippen molar-refractivity contribution in [3.05, 3.63) is 12.2 Å². The average molecular weight is 241 g/mol. The third-order valence-corrected chi connectivity index (χ3v) is 2.40. The van der Waals surface area contributed by atoms with Gasteiger partial charge in [-0.25, -0.2) is 9.59 Å². The summed E-state index contributed by atoms with van der Waals surface area (Å²) < 4.78 is 9.34. The van der Waals surface area contributed by atoms with Crippen molar-refractivity contribution in [3.63, 3.8) is 0 Å². The normalized spacial score (nSPS) is 19.8. The number of ether oxygens (including phenoxy) is 2. The average Bonchev–Trinajstić information content (AvgIpc) is 2.66. The molecular weight excluding hydrogens is 226 g/mol. The Morgan fingerprint density at radius 2 is 2.06 bits per heavy atom. The highest BCUT2D eigenvalue weighted by Crippen LogP contribution is 2.13. The van der Waals surface area contributed by atoms with Gasteiger partial charge in [0, 0.05) is 18.7 Å². The topological polar surface area (TPSA) is 72.9 Å². The van der Waals surface area contributed by atoms with Gasteiger partial charge in [0.25, 0.3) is 0 Å². The van der Waals surface area contributed by atoms with Crippen molar-refractivity contribution in [3.8, 4) is 0 Å². The molecule has 1 atom stereocenters. The van der Waals surface area contributed by atoms with Gasteiger partial charge in [-0.2, -0.15) is 0 Å². The fourth-order valence-electron chi connectivity index (χ4n) is 1.53. The van der Waals surface area contributed by atoms with Gasteiger partial charge in [-0.1, -0.05) is 0 Å². The summed E-state index contributed by atoms with van der Waals surface area (Å²) in [6, 6.07) is 0. The third-order valence-electron chi connectivity index (χ3n) is 2.40. The Labute approximate surface area is 99.2 Å². The van der Waals surface area contributed by atoms with E-state index in [9.17, 15) is 14.4 Å². The lowest BCUT2D eigenvalue weighted by Gasteiger charge is -2.13. The molecule has 1 amide bonds. The number of methoxy groups -OCH3 is 1. The van der Waals surface area contributed by atoms with E-state index >= 15 is 0 Å². The van der Waals surface area contributed by atoms with E-state index in [1.807, 2.05) is 6.92 Å². The Kier molecular flexibility index (Phi) is 4.68. The van der Waals surface area contributed by atoms with E-state index in [0.29, 0.717) is 13.1 Å². The molecule has 0 radical (unpaired) electrons. The van der Waals surface area contributed by atoms with E-state index in [4.69, 9.17) is 4.74 Å². The maximum atomic E-state index is 11.4.